The van der Waals surface area contributed by atoms with Crippen LogP contribution in [0.15, 0.2) is 40.9 Å². The van der Waals surface area contributed by atoms with Crippen molar-refractivity contribution in [2.75, 3.05) is 31.1 Å². The first-order chi connectivity index (χ1) is 16.5. The van der Waals surface area contributed by atoms with Crippen molar-refractivity contribution in [1.29, 1.82) is 0 Å². The second kappa shape index (κ2) is 9.38. The average molecular weight is 529 g/mol. The molecule has 13 heteroatoms. The van der Waals surface area contributed by atoms with Gasteiger partial charge in [-0.15, -0.1) is 0 Å². The molecular formula is C22H17Cl2F3N4O4. The molecule has 0 unspecified atom stereocenters. The molecule has 3 aromatic rings. The molecule has 0 N–H and O–H groups in total. The standard InChI is InChI=1S/C22H17Cl2F3N4O4/c1-12-18(20(28-35-12)19-14(23)3-2-4-15(19)24)21(32)30-9-7-29(8-10-30)16-6-5-13(22(25,26)27)11-17(16)31(33)34/h2-6,11H,7-10H2,1H3. The van der Waals surface area contributed by atoms with Gasteiger partial charge in [0.15, 0.2) is 0 Å². The van der Waals surface area contributed by atoms with Crippen molar-refractivity contribution in [3.8, 4) is 11.3 Å². The van der Waals surface area contributed by atoms with E-state index in [1.165, 1.54) is 4.90 Å². The fourth-order valence-corrected chi connectivity index (χ4v) is 4.52. The van der Waals surface area contributed by atoms with E-state index >= 15 is 0 Å². The summed E-state index contributed by atoms with van der Waals surface area (Å²) in [5.41, 5.74) is -0.951. The fraction of sp³-hybridized carbons (Fsp3) is 0.273. The number of piperazine rings is 1. The fourth-order valence-electron chi connectivity index (χ4n) is 3.94. The number of nitro benzene ring substituents is 1. The van der Waals surface area contributed by atoms with Crippen LogP contribution in [0.2, 0.25) is 10.0 Å². The van der Waals surface area contributed by atoms with Crippen LogP contribution in [0, 0.1) is 17.0 Å². The summed E-state index contributed by atoms with van der Waals surface area (Å²) in [6, 6.07) is 7.28. The van der Waals surface area contributed by atoms with E-state index in [0.29, 0.717) is 21.7 Å². The van der Waals surface area contributed by atoms with Gasteiger partial charge in [0.2, 0.25) is 0 Å². The maximum absolute atomic E-state index is 13.4. The molecule has 1 aliphatic heterocycles. The molecule has 1 amide bonds. The lowest BCUT2D eigenvalue weighted by Crippen LogP contribution is -2.49. The van der Waals surface area contributed by atoms with Gasteiger partial charge in [0.1, 0.15) is 22.7 Å². The van der Waals surface area contributed by atoms with Gasteiger partial charge in [0, 0.05) is 37.8 Å². The molecule has 0 spiro atoms. The molecular weight excluding hydrogens is 512 g/mol. The number of amides is 1. The quantitative estimate of drug-likeness (QED) is 0.311. The van der Waals surface area contributed by atoms with Gasteiger partial charge in [-0.2, -0.15) is 13.2 Å². The van der Waals surface area contributed by atoms with Crippen LogP contribution in [-0.2, 0) is 6.18 Å². The molecule has 0 atom stereocenters. The summed E-state index contributed by atoms with van der Waals surface area (Å²) in [6.07, 6.45) is -4.70. The molecule has 35 heavy (non-hydrogen) atoms. The van der Waals surface area contributed by atoms with Gasteiger partial charge in [-0.25, -0.2) is 0 Å². The molecule has 2 heterocycles. The Bertz CT molecular complexity index is 1280. The number of halogens is 5. The number of hydrogen-bond acceptors (Lipinski definition) is 6. The Morgan fingerprint density at radius 1 is 1.11 bits per heavy atom. The first-order valence-corrected chi connectivity index (χ1v) is 11.0. The normalized spacial score (nSPS) is 14.3. The van der Waals surface area contributed by atoms with Crippen molar-refractivity contribution in [2.45, 2.75) is 13.1 Å². The number of carbonyl (C=O) groups excluding carboxylic acids is 1. The van der Waals surface area contributed by atoms with Crippen LogP contribution in [0.4, 0.5) is 24.5 Å². The Balaban J connectivity index is 1.57. The number of benzene rings is 2. The molecule has 0 bridgehead atoms. The lowest BCUT2D eigenvalue weighted by atomic mass is 10.0. The number of nitro groups is 1. The van der Waals surface area contributed by atoms with E-state index in [0.717, 1.165) is 12.1 Å². The van der Waals surface area contributed by atoms with Crippen LogP contribution >= 0.6 is 23.2 Å². The van der Waals surface area contributed by atoms with Gasteiger partial charge < -0.3 is 14.3 Å². The van der Waals surface area contributed by atoms with E-state index < -0.39 is 28.3 Å². The predicted molar refractivity (Wildman–Crippen MR) is 123 cm³/mol. The number of carbonyl (C=O) groups is 1. The van der Waals surface area contributed by atoms with Crippen LogP contribution < -0.4 is 4.90 Å². The summed E-state index contributed by atoms with van der Waals surface area (Å²) >= 11 is 12.6. The Labute approximate surface area is 206 Å². The van der Waals surface area contributed by atoms with Gasteiger partial charge in [-0.05, 0) is 31.2 Å². The molecule has 4 rings (SSSR count). The highest BCUT2D eigenvalue weighted by molar-refractivity contribution is 6.39. The molecule has 1 saturated heterocycles. The van der Waals surface area contributed by atoms with Gasteiger partial charge >= 0.3 is 6.18 Å². The number of hydrogen-bond donors (Lipinski definition) is 0. The van der Waals surface area contributed by atoms with Crippen molar-refractivity contribution >= 4 is 40.5 Å². The second-order valence-corrected chi connectivity index (χ2v) is 8.61. The molecule has 1 fully saturated rings. The van der Waals surface area contributed by atoms with Crippen molar-refractivity contribution in [3.63, 3.8) is 0 Å². The van der Waals surface area contributed by atoms with E-state index in [2.05, 4.69) is 5.16 Å². The van der Waals surface area contributed by atoms with Crippen molar-refractivity contribution < 1.29 is 27.4 Å². The van der Waals surface area contributed by atoms with Crippen LogP contribution in [-0.4, -0.2) is 47.1 Å². The largest absolute Gasteiger partial charge is 0.416 e. The first kappa shape index (κ1) is 24.8. The highest BCUT2D eigenvalue weighted by atomic mass is 35.5. The summed E-state index contributed by atoms with van der Waals surface area (Å²) in [5, 5.41) is 16.0. The number of nitrogens with zero attached hydrogens (tertiary/aromatic N) is 4. The van der Waals surface area contributed by atoms with E-state index in [1.807, 2.05) is 0 Å². The third kappa shape index (κ3) is 4.78. The Hall–Kier alpha value is -3.31. The SMILES string of the molecule is Cc1onc(-c2c(Cl)cccc2Cl)c1C(=O)N1CCN(c2ccc(C(F)(F)F)cc2[N+](=O)[O-])CC1. The average Bonchev–Trinajstić information content (AvgIpc) is 3.18. The summed E-state index contributed by atoms with van der Waals surface area (Å²) in [6.45, 7) is 2.25. The molecule has 0 aliphatic carbocycles. The molecule has 184 valence electrons. The summed E-state index contributed by atoms with van der Waals surface area (Å²) in [7, 11) is 0. The minimum Gasteiger partial charge on any atom is -0.362 e. The van der Waals surface area contributed by atoms with Gasteiger partial charge in [-0.3, -0.25) is 14.9 Å². The number of alkyl halides is 3. The Morgan fingerprint density at radius 3 is 2.31 bits per heavy atom. The van der Waals surface area contributed by atoms with E-state index in [1.54, 1.807) is 30.0 Å². The van der Waals surface area contributed by atoms with Gasteiger partial charge in [0.05, 0.1) is 20.5 Å². The monoisotopic (exact) mass is 528 g/mol. The van der Waals surface area contributed by atoms with Gasteiger partial charge in [0.25, 0.3) is 11.6 Å². The zero-order chi connectivity index (χ0) is 25.5. The lowest BCUT2D eigenvalue weighted by molar-refractivity contribution is -0.384. The molecule has 1 aromatic heterocycles. The second-order valence-electron chi connectivity index (χ2n) is 7.80. The van der Waals surface area contributed by atoms with Crippen LogP contribution in [0.5, 0.6) is 0 Å². The van der Waals surface area contributed by atoms with Crippen molar-refractivity contribution in [2.24, 2.45) is 0 Å². The topological polar surface area (TPSA) is 92.7 Å². The zero-order valence-electron chi connectivity index (χ0n) is 18.1. The lowest BCUT2D eigenvalue weighted by Gasteiger charge is -2.36. The van der Waals surface area contributed by atoms with Crippen LogP contribution in [0.1, 0.15) is 21.7 Å². The third-order valence-electron chi connectivity index (χ3n) is 5.68. The van der Waals surface area contributed by atoms with Gasteiger partial charge in [-0.1, -0.05) is 34.4 Å². The molecule has 0 saturated carbocycles. The number of anilines is 1. The minimum atomic E-state index is -4.70. The third-order valence-corrected chi connectivity index (χ3v) is 6.31. The van der Waals surface area contributed by atoms with E-state index in [9.17, 15) is 28.1 Å². The van der Waals surface area contributed by atoms with Crippen molar-refractivity contribution in [1.82, 2.24) is 10.1 Å². The predicted octanol–water partition coefficient (Wildman–Crippen LogP) is 5.85. The van der Waals surface area contributed by atoms with Crippen LogP contribution in [0.3, 0.4) is 0 Å². The summed E-state index contributed by atoms with van der Waals surface area (Å²) in [5.74, 6) is -0.127. The Morgan fingerprint density at radius 2 is 1.74 bits per heavy atom. The van der Waals surface area contributed by atoms with E-state index in [4.69, 9.17) is 27.7 Å². The summed E-state index contributed by atoms with van der Waals surface area (Å²) in [4.78, 5) is 27.1. The summed E-state index contributed by atoms with van der Waals surface area (Å²) < 4.78 is 44.3. The molecule has 1 aliphatic rings. The number of aromatic nitrogens is 1. The molecule has 2 aromatic carbocycles. The highest BCUT2D eigenvalue weighted by Crippen LogP contribution is 2.39. The smallest absolute Gasteiger partial charge is 0.362 e. The van der Waals surface area contributed by atoms with E-state index in [-0.39, 0.29) is 48.9 Å². The van der Waals surface area contributed by atoms with Crippen LogP contribution in [0.25, 0.3) is 11.3 Å². The molecule has 8 nitrogen and oxygen atoms in total. The maximum Gasteiger partial charge on any atom is 0.416 e. The Kier molecular flexibility index (Phi) is 6.65. The minimum absolute atomic E-state index is 0.0554. The van der Waals surface area contributed by atoms with Crippen molar-refractivity contribution in [3.05, 3.63) is 73.4 Å². The number of rotatable bonds is 4. The number of aryl methyl sites for hydroxylation is 1. The highest BCUT2D eigenvalue weighted by Gasteiger charge is 2.35. The maximum atomic E-state index is 13.4. The first-order valence-electron chi connectivity index (χ1n) is 10.3. The zero-order valence-corrected chi connectivity index (χ0v) is 19.6. The molecule has 0 radical (unpaired) electrons.